The van der Waals surface area contributed by atoms with E-state index < -0.39 is 27.1 Å². The molecule has 0 saturated heterocycles. The Hall–Kier alpha value is -0.130. The molecule has 20 heavy (non-hydrogen) atoms. The molecule has 0 saturated carbocycles. The molecular weight excluding hydrogens is 373 g/mol. The van der Waals surface area contributed by atoms with Gasteiger partial charge in [-0.2, -0.15) is 0 Å². The highest BCUT2D eigenvalue weighted by atomic mass is 35.5. The minimum atomic E-state index is -1.72. The second-order valence-corrected chi connectivity index (χ2v) is 6.53. The van der Waals surface area contributed by atoms with Crippen LogP contribution in [0, 0.1) is 0 Å². The van der Waals surface area contributed by atoms with Crippen LogP contribution < -0.4 is 0 Å². The van der Waals surface area contributed by atoms with Crippen molar-refractivity contribution in [2.75, 3.05) is 14.2 Å². The molecule has 0 radical (unpaired) electrons. The monoisotopic (exact) mass is 378 g/mol. The van der Waals surface area contributed by atoms with Gasteiger partial charge in [0.05, 0.1) is 40.8 Å². The number of carbonyl (C=O) groups is 2. The molecule has 0 spiro atoms. The van der Waals surface area contributed by atoms with E-state index >= 15 is 0 Å². The summed E-state index contributed by atoms with van der Waals surface area (Å²) in [6, 6.07) is 0. The first-order valence-corrected chi connectivity index (χ1v) is 7.13. The number of fused-ring (bicyclic) bond motifs is 2. The van der Waals surface area contributed by atoms with E-state index in [1.807, 2.05) is 0 Å². The zero-order chi connectivity index (χ0) is 15.5. The number of halogens is 5. The number of allylic oxidation sites excluding steroid dienone is 2. The number of carbonyl (C=O) groups excluding carboxylic acids is 2. The van der Waals surface area contributed by atoms with E-state index in [1.165, 1.54) is 0 Å². The molecule has 110 valence electrons. The van der Waals surface area contributed by atoms with E-state index in [0.717, 1.165) is 14.2 Å². The summed E-state index contributed by atoms with van der Waals surface area (Å²) in [4.78, 5) is 20.5. The van der Waals surface area contributed by atoms with Gasteiger partial charge in [0.2, 0.25) is 0 Å². The molecule has 0 heterocycles. The maximum Gasteiger partial charge on any atom is 0.336 e. The first-order chi connectivity index (χ1) is 9.18. The summed E-state index contributed by atoms with van der Waals surface area (Å²) in [5, 5.41) is -1.35. The number of alkyl halides is 3. The summed E-state index contributed by atoms with van der Waals surface area (Å²) in [5.74, 6) is -1.76. The predicted octanol–water partition coefficient (Wildman–Crippen LogP) is 2.91. The Bertz CT molecular complexity index is 535. The molecule has 0 aromatic carbocycles. The van der Waals surface area contributed by atoms with Gasteiger partial charge in [0.1, 0.15) is 9.75 Å². The van der Waals surface area contributed by atoms with Crippen molar-refractivity contribution in [1.82, 2.24) is 0 Å². The zero-order valence-corrected chi connectivity index (χ0v) is 13.9. The molecule has 4 nitrogen and oxygen atoms in total. The lowest BCUT2D eigenvalue weighted by atomic mass is 9.95. The van der Waals surface area contributed by atoms with Gasteiger partial charge in [0.25, 0.3) is 0 Å². The Labute approximate surface area is 139 Å². The highest BCUT2D eigenvalue weighted by Gasteiger charge is 2.72. The van der Waals surface area contributed by atoms with Gasteiger partial charge in [-0.15, -0.1) is 34.8 Å². The van der Waals surface area contributed by atoms with Crippen LogP contribution >= 0.6 is 58.0 Å². The minimum absolute atomic E-state index is 0.108. The molecule has 0 amide bonds. The van der Waals surface area contributed by atoms with Crippen molar-refractivity contribution in [3.63, 3.8) is 0 Å². The molecule has 0 N–H and O–H groups in total. The van der Waals surface area contributed by atoms with Crippen LogP contribution in [0.5, 0.6) is 0 Å². The highest BCUT2D eigenvalue weighted by molar-refractivity contribution is 6.59. The standard InChI is InChI=1S/C11H7Cl5O4/c1-19-7(17)3-4(8(18)20-2)11(16)6(13)5(12)10(3,15)9(11)14/h9H,1-2H3/t9?,10-,11+. The van der Waals surface area contributed by atoms with Crippen LogP contribution in [0.4, 0.5) is 0 Å². The average molecular weight is 380 g/mol. The molecule has 9 heteroatoms. The fourth-order valence-corrected chi connectivity index (χ4v) is 4.62. The van der Waals surface area contributed by atoms with Gasteiger partial charge in [-0.3, -0.25) is 0 Å². The van der Waals surface area contributed by atoms with E-state index in [-0.39, 0.29) is 21.2 Å². The van der Waals surface area contributed by atoms with Gasteiger partial charge in [0, 0.05) is 0 Å². The SMILES string of the molecule is COC(=O)C1=C(C(=O)OC)[C@@]2(Cl)C(Cl)=C(Cl)[C@]1(Cl)C2Cl. The van der Waals surface area contributed by atoms with Crippen molar-refractivity contribution < 1.29 is 19.1 Å². The maximum atomic E-state index is 12.0. The number of esters is 2. The molecule has 3 atom stereocenters. The predicted molar refractivity (Wildman–Crippen MR) is 76.6 cm³/mol. The lowest BCUT2D eigenvalue weighted by Crippen LogP contribution is -2.37. The third-order valence-electron chi connectivity index (χ3n) is 3.29. The van der Waals surface area contributed by atoms with E-state index in [1.54, 1.807) is 0 Å². The van der Waals surface area contributed by atoms with Gasteiger partial charge in [-0.05, 0) is 0 Å². The van der Waals surface area contributed by atoms with Crippen LogP contribution in [0.25, 0.3) is 0 Å². The molecule has 1 unspecified atom stereocenters. The molecule has 2 rings (SSSR count). The molecule has 0 aromatic rings. The average Bonchev–Trinajstić information content (AvgIpc) is 2.70. The number of ether oxygens (including phenoxy) is 2. The lowest BCUT2D eigenvalue weighted by Gasteiger charge is -2.24. The molecule has 2 aliphatic rings. The van der Waals surface area contributed by atoms with Gasteiger partial charge < -0.3 is 9.47 Å². The van der Waals surface area contributed by atoms with Gasteiger partial charge >= 0.3 is 11.9 Å². The van der Waals surface area contributed by atoms with Gasteiger partial charge in [-0.1, -0.05) is 23.2 Å². The molecule has 0 fully saturated rings. The van der Waals surface area contributed by atoms with E-state index in [0.29, 0.717) is 0 Å². The normalized spacial score (nSPS) is 35.6. The molecule has 2 bridgehead atoms. The first-order valence-electron chi connectivity index (χ1n) is 5.18. The van der Waals surface area contributed by atoms with Crippen LogP contribution in [0.2, 0.25) is 0 Å². The van der Waals surface area contributed by atoms with Crippen LogP contribution in [-0.2, 0) is 19.1 Å². The summed E-state index contributed by atoms with van der Waals surface area (Å²) in [7, 11) is 2.25. The fraction of sp³-hybridized carbons (Fsp3) is 0.455. The van der Waals surface area contributed by atoms with Crippen molar-refractivity contribution in [2.45, 2.75) is 15.1 Å². The molecular formula is C11H7Cl5O4. The summed E-state index contributed by atoms with van der Waals surface area (Å²) in [6.45, 7) is 0. The zero-order valence-electron chi connectivity index (χ0n) is 10.1. The van der Waals surface area contributed by atoms with Crippen molar-refractivity contribution in [3.8, 4) is 0 Å². The van der Waals surface area contributed by atoms with Crippen molar-refractivity contribution in [3.05, 3.63) is 21.2 Å². The second-order valence-electron chi connectivity index (χ2n) is 4.15. The molecule has 2 aliphatic carbocycles. The van der Waals surface area contributed by atoms with Crippen LogP contribution in [0.3, 0.4) is 0 Å². The second kappa shape index (κ2) is 4.96. The summed E-state index contributed by atoms with van der Waals surface area (Å²) in [5.41, 5.74) is -0.504. The summed E-state index contributed by atoms with van der Waals surface area (Å²) < 4.78 is 9.25. The van der Waals surface area contributed by atoms with Gasteiger partial charge in [0.15, 0.2) is 0 Å². The minimum Gasteiger partial charge on any atom is -0.466 e. The van der Waals surface area contributed by atoms with E-state index in [4.69, 9.17) is 58.0 Å². The number of hydrogen-bond donors (Lipinski definition) is 0. The third-order valence-corrected chi connectivity index (χ3v) is 6.62. The number of rotatable bonds is 2. The highest BCUT2D eigenvalue weighted by Crippen LogP contribution is 2.67. The molecule has 0 aromatic heterocycles. The Morgan fingerprint density at radius 1 is 0.950 bits per heavy atom. The largest absolute Gasteiger partial charge is 0.466 e. The Kier molecular flexibility index (Phi) is 4.03. The Morgan fingerprint density at radius 2 is 1.25 bits per heavy atom. The third kappa shape index (κ3) is 1.63. The quantitative estimate of drug-likeness (QED) is 0.546. The first kappa shape index (κ1) is 16.2. The number of methoxy groups -OCH3 is 2. The van der Waals surface area contributed by atoms with Crippen molar-refractivity contribution >= 4 is 69.9 Å². The smallest absolute Gasteiger partial charge is 0.336 e. The lowest BCUT2D eigenvalue weighted by molar-refractivity contribution is -0.139. The number of hydrogen-bond acceptors (Lipinski definition) is 4. The Morgan fingerprint density at radius 3 is 1.50 bits per heavy atom. The summed E-state index contributed by atoms with van der Waals surface area (Å²) >= 11 is 31.0. The van der Waals surface area contributed by atoms with E-state index in [9.17, 15) is 9.59 Å². The van der Waals surface area contributed by atoms with Crippen LogP contribution in [0.1, 0.15) is 0 Å². The van der Waals surface area contributed by atoms with Crippen LogP contribution in [0.15, 0.2) is 21.2 Å². The topological polar surface area (TPSA) is 52.6 Å². The fourth-order valence-electron chi connectivity index (χ4n) is 2.36. The maximum absolute atomic E-state index is 12.0. The van der Waals surface area contributed by atoms with Gasteiger partial charge in [-0.25, -0.2) is 9.59 Å². The van der Waals surface area contributed by atoms with E-state index in [2.05, 4.69) is 9.47 Å². The Balaban J connectivity index is 2.81. The van der Waals surface area contributed by atoms with Crippen molar-refractivity contribution in [1.29, 1.82) is 0 Å². The van der Waals surface area contributed by atoms with Crippen molar-refractivity contribution in [2.24, 2.45) is 0 Å². The molecule has 0 aliphatic heterocycles. The summed E-state index contributed by atoms with van der Waals surface area (Å²) in [6.07, 6.45) is 0. The van der Waals surface area contributed by atoms with Crippen LogP contribution in [-0.4, -0.2) is 41.3 Å².